The van der Waals surface area contributed by atoms with Crippen molar-refractivity contribution in [2.24, 2.45) is 12.8 Å². The molecule has 3 rings (SSSR count). The monoisotopic (exact) mass is 412 g/mol. The average Bonchev–Trinajstić information content (AvgIpc) is 2.89. The Morgan fingerprint density at radius 1 is 1.12 bits per heavy atom. The minimum Gasteiger partial charge on any atom is -0.366 e. The number of amides is 2. The van der Waals surface area contributed by atoms with E-state index in [9.17, 15) is 9.59 Å². The summed E-state index contributed by atoms with van der Waals surface area (Å²) in [6, 6.07) is 14.1. The number of aromatic nitrogens is 2. The van der Waals surface area contributed by atoms with E-state index < -0.39 is 5.91 Å². The molecule has 0 unspecified atom stereocenters. The van der Waals surface area contributed by atoms with E-state index in [4.69, 9.17) is 5.73 Å². The second kappa shape index (κ2) is 7.13. The molecule has 7 heteroatoms. The molecule has 0 aliphatic carbocycles. The molecule has 2 aromatic carbocycles. The second-order valence-corrected chi connectivity index (χ2v) is 6.75. The van der Waals surface area contributed by atoms with Crippen molar-refractivity contribution >= 4 is 33.6 Å². The van der Waals surface area contributed by atoms with E-state index in [1.54, 1.807) is 29.9 Å². The van der Waals surface area contributed by atoms with Gasteiger partial charge in [0.2, 0.25) is 5.91 Å². The molecular weight excluding hydrogens is 396 g/mol. The van der Waals surface area contributed by atoms with Gasteiger partial charge in [-0.05, 0) is 42.8 Å². The third-order valence-corrected chi connectivity index (χ3v) is 4.52. The van der Waals surface area contributed by atoms with E-state index in [1.165, 1.54) is 6.07 Å². The van der Waals surface area contributed by atoms with Crippen molar-refractivity contribution in [3.63, 3.8) is 0 Å². The zero-order chi connectivity index (χ0) is 18.8. The molecule has 2 amide bonds. The second-order valence-electron chi connectivity index (χ2n) is 5.84. The molecule has 0 aliphatic rings. The van der Waals surface area contributed by atoms with Crippen molar-refractivity contribution in [1.82, 2.24) is 9.78 Å². The summed E-state index contributed by atoms with van der Waals surface area (Å²) < 4.78 is 2.60. The highest BCUT2D eigenvalue weighted by Gasteiger charge is 2.18. The zero-order valence-corrected chi connectivity index (χ0v) is 15.9. The summed E-state index contributed by atoms with van der Waals surface area (Å²) in [6.45, 7) is 1.89. The maximum Gasteiger partial charge on any atom is 0.256 e. The number of nitrogens with two attached hydrogens (primary N) is 1. The van der Waals surface area contributed by atoms with Crippen LogP contribution < -0.4 is 11.1 Å². The van der Waals surface area contributed by atoms with Crippen LogP contribution in [-0.4, -0.2) is 21.6 Å². The Bertz CT molecular complexity index is 993. The maximum atomic E-state index is 12.7. The predicted molar refractivity (Wildman–Crippen MR) is 104 cm³/mol. The molecule has 3 aromatic rings. The van der Waals surface area contributed by atoms with Crippen LogP contribution >= 0.6 is 15.9 Å². The normalized spacial score (nSPS) is 10.6. The molecular formula is C19H17BrN4O2. The summed E-state index contributed by atoms with van der Waals surface area (Å²) in [4.78, 5) is 24.0. The Morgan fingerprint density at radius 3 is 2.42 bits per heavy atom. The van der Waals surface area contributed by atoms with Crippen LogP contribution in [0.3, 0.4) is 0 Å². The maximum absolute atomic E-state index is 12.7. The van der Waals surface area contributed by atoms with E-state index in [-0.39, 0.29) is 11.5 Å². The lowest BCUT2D eigenvalue weighted by molar-refractivity contribution is 0.1000. The van der Waals surface area contributed by atoms with Crippen LogP contribution in [0.1, 0.15) is 26.4 Å². The van der Waals surface area contributed by atoms with Gasteiger partial charge in [0.1, 0.15) is 5.82 Å². The third kappa shape index (κ3) is 3.52. The number of rotatable bonds is 4. The highest BCUT2D eigenvalue weighted by molar-refractivity contribution is 9.10. The van der Waals surface area contributed by atoms with Crippen molar-refractivity contribution in [3.8, 4) is 11.1 Å². The first-order valence-corrected chi connectivity index (χ1v) is 8.67. The summed E-state index contributed by atoms with van der Waals surface area (Å²) in [5.74, 6) is -0.333. The molecule has 3 N–H and O–H groups in total. The van der Waals surface area contributed by atoms with Gasteiger partial charge in [-0.3, -0.25) is 14.3 Å². The zero-order valence-electron chi connectivity index (χ0n) is 14.3. The number of nitrogens with zero attached hydrogens (tertiary/aromatic N) is 2. The highest BCUT2D eigenvalue weighted by atomic mass is 79.9. The van der Waals surface area contributed by atoms with Crippen LogP contribution in [0.15, 0.2) is 53.0 Å². The van der Waals surface area contributed by atoms with Gasteiger partial charge in [-0.15, -0.1) is 0 Å². The number of aryl methyl sites for hydroxylation is 2. The van der Waals surface area contributed by atoms with Gasteiger partial charge in [0.25, 0.3) is 5.91 Å². The van der Waals surface area contributed by atoms with Gasteiger partial charge in [0.15, 0.2) is 0 Å². The summed E-state index contributed by atoms with van der Waals surface area (Å²) in [5.41, 5.74) is 8.51. The molecule has 0 radical (unpaired) electrons. The minimum absolute atomic E-state index is 0.284. The van der Waals surface area contributed by atoms with Gasteiger partial charge in [0.05, 0.1) is 5.69 Å². The molecule has 0 saturated carbocycles. The Labute approximate surface area is 159 Å². The van der Waals surface area contributed by atoms with Crippen LogP contribution in [0.5, 0.6) is 0 Å². The lowest BCUT2D eigenvalue weighted by atomic mass is 10.1. The fourth-order valence-electron chi connectivity index (χ4n) is 2.76. The summed E-state index contributed by atoms with van der Waals surface area (Å²) in [6.07, 6.45) is 0. The standard InChI is InChI=1S/C19H17BrN4O2/c1-11-16(12-6-8-15(20)9-7-12)18(24(2)23-11)22-19(26)14-5-3-4-13(10-14)17(21)25/h3-10H,1-2H3,(H2,21,25)(H,22,26). The van der Waals surface area contributed by atoms with Gasteiger partial charge < -0.3 is 11.1 Å². The molecule has 1 aromatic heterocycles. The molecule has 0 fully saturated rings. The quantitative estimate of drug-likeness (QED) is 0.686. The minimum atomic E-state index is -0.577. The number of primary amides is 1. The van der Waals surface area contributed by atoms with Crippen molar-refractivity contribution in [2.75, 3.05) is 5.32 Å². The topological polar surface area (TPSA) is 90.0 Å². The number of anilines is 1. The molecule has 26 heavy (non-hydrogen) atoms. The molecule has 0 atom stereocenters. The molecule has 0 saturated heterocycles. The third-order valence-electron chi connectivity index (χ3n) is 4.00. The van der Waals surface area contributed by atoms with Crippen LogP contribution in [0.25, 0.3) is 11.1 Å². The van der Waals surface area contributed by atoms with Gasteiger partial charge >= 0.3 is 0 Å². The highest BCUT2D eigenvalue weighted by Crippen LogP contribution is 2.32. The predicted octanol–water partition coefficient (Wildman–Crippen LogP) is 3.51. The Balaban J connectivity index is 1.98. The first kappa shape index (κ1) is 17.9. The van der Waals surface area contributed by atoms with E-state index >= 15 is 0 Å². The number of carbonyl (C=O) groups is 2. The SMILES string of the molecule is Cc1nn(C)c(NC(=O)c2cccc(C(N)=O)c2)c1-c1ccc(Br)cc1. The van der Waals surface area contributed by atoms with Crippen molar-refractivity contribution in [3.05, 3.63) is 69.8 Å². The fourth-order valence-corrected chi connectivity index (χ4v) is 3.02. The summed E-state index contributed by atoms with van der Waals surface area (Å²) in [7, 11) is 1.77. The number of halogens is 1. The Kier molecular flexibility index (Phi) is 4.90. The number of hydrogen-bond donors (Lipinski definition) is 2. The van der Waals surface area contributed by atoms with Crippen LogP contribution in [0, 0.1) is 6.92 Å². The van der Waals surface area contributed by atoms with Crippen molar-refractivity contribution < 1.29 is 9.59 Å². The number of benzene rings is 2. The molecule has 0 spiro atoms. The number of hydrogen-bond acceptors (Lipinski definition) is 3. The number of nitrogens with one attached hydrogen (secondary N) is 1. The van der Waals surface area contributed by atoms with E-state index in [0.29, 0.717) is 11.4 Å². The molecule has 0 bridgehead atoms. The van der Waals surface area contributed by atoms with Gasteiger partial charge in [-0.1, -0.05) is 34.1 Å². The van der Waals surface area contributed by atoms with E-state index in [2.05, 4.69) is 26.3 Å². The smallest absolute Gasteiger partial charge is 0.256 e. The number of carbonyl (C=O) groups excluding carboxylic acids is 2. The van der Waals surface area contributed by atoms with E-state index in [1.807, 2.05) is 31.2 Å². The van der Waals surface area contributed by atoms with Gasteiger partial charge in [0, 0.05) is 28.2 Å². The van der Waals surface area contributed by atoms with Crippen LogP contribution in [0.2, 0.25) is 0 Å². The average molecular weight is 413 g/mol. The van der Waals surface area contributed by atoms with Crippen LogP contribution in [-0.2, 0) is 7.05 Å². The van der Waals surface area contributed by atoms with E-state index in [0.717, 1.165) is 21.3 Å². The Hall–Kier alpha value is -2.93. The van der Waals surface area contributed by atoms with Crippen molar-refractivity contribution in [2.45, 2.75) is 6.92 Å². The Morgan fingerprint density at radius 2 is 1.77 bits per heavy atom. The molecule has 132 valence electrons. The summed E-state index contributed by atoms with van der Waals surface area (Å²) in [5, 5.41) is 7.31. The van der Waals surface area contributed by atoms with Gasteiger partial charge in [-0.25, -0.2) is 0 Å². The first-order chi connectivity index (χ1) is 12.4. The fraction of sp³-hybridized carbons (Fsp3) is 0.105. The lowest BCUT2D eigenvalue weighted by Crippen LogP contribution is -2.17. The van der Waals surface area contributed by atoms with Crippen molar-refractivity contribution in [1.29, 1.82) is 0 Å². The van der Waals surface area contributed by atoms with Crippen LogP contribution in [0.4, 0.5) is 5.82 Å². The summed E-state index contributed by atoms with van der Waals surface area (Å²) >= 11 is 3.42. The molecule has 6 nitrogen and oxygen atoms in total. The lowest BCUT2D eigenvalue weighted by Gasteiger charge is -2.10. The first-order valence-electron chi connectivity index (χ1n) is 7.87. The molecule has 0 aliphatic heterocycles. The largest absolute Gasteiger partial charge is 0.366 e. The van der Waals surface area contributed by atoms with Gasteiger partial charge in [-0.2, -0.15) is 5.10 Å². The molecule has 1 heterocycles.